The lowest BCUT2D eigenvalue weighted by atomic mass is 10.1. The highest BCUT2D eigenvalue weighted by Gasteiger charge is 2.32. The minimum Gasteiger partial charge on any atom is -0.373 e. The van der Waals surface area contributed by atoms with E-state index in [9.17, 15) is 13.2 Å². The van der Waals surface area contributed by atoms with Crippen molar-refractivity contribution in [3.63, 3.8) is 0 Å². The van der Waals surface area contributed by atoms with E-state index in [4.69, 9.17) is 4.74 Å². The average molecular weight is 403 g/mol. The van der Waals surface area contributed by atoms with Gasteiger partial charge in [-0.3, -0.25) is 4.79 Å². The van der Waals surface area contributed by atoms with Crippen LogP contribution in [-0.4, -0.2) is 43.9 Å². The summed E-state index contributed by atoms with van der Waals surface area (Å²) in [6.45, 7) is 8.21. The van der Waals surface area contributed by atoms with Gasteiger partial charge in [0.1, 0.15) is 0 Å². The molecule has 2 atom stereocenters. The molecule has 0 saturated carbocycles. The number of amides is 1. The first kappa shape index (κ1) is 20.5. The van der Waals surface area contributed by atoms with Crippen LogP contribution in [0.4, 0.5) is 5.69 Å². The quantitative estimate of drug-likeness (QED) is 0.851. The molecule has 1 heterocycles. The van der Waals surface area contributed by atoms with Gasteiger partial charge in [0.05, 0.1) is 17.1 Å². The van der Waals surface area contributed by atoms with Crippen molar-refractivity contribution in [2.75, 3.05) is 18.4 Å². The Morgan fingerprint density at radius 2 is 1.71 bits per heavy atom. The Bertz CT molecular complexity index is 978. The van der Waals surface area contributed by atoms with Crippen LogP contribution >= 0.6 is 0 Å². The molecule has 1 N–H and O–H groups in total. The predicted octanol–water partition coefficient (Wildman–Crippen LogP) is 3.35. The molecule has 1 fully saturated rings. The summed E-state index contributed by atoms with van der Waals surface area (Å²) in [5, 5.41) is 2.87. The molecule has 1 saturated heterocycles. The maximum atomic E-state index is 13.0. The van der Waals surface area contributed by atoms with Gasteiger partial charge in [0.25, 0.3) is 5.91 Å². The number of hydrogen-bond acceptors (Lipinski definition) is 4. The molecular formula is C21H26N2O4S. The average Bonchev–Trinajstić information content (AvgIpc) is 2.64. The third-order valence-electron chi connectivity index (χ3n) is 4.97. The van der Waals surface area contributed by atoms with E-state index >= 15 is 0 Å². The smallest absolute Gasteiger partial charge is 0.255 e. The summed E-state index contributed by atoms with van der Waals surface area (Å²) in [7, 11) is -3.70. The van der Waals surface area contributed by atoms with Crippen LogP contribution < -0.4 is 5.32 Å². The Morgan fingerprint density at radius 1 is 1.07 bits per heavy atom. The third-order valence-corrected chi connectivity index (χ3v) is 6.80. The van der Waals surface area contributed by atoms with E-state index in [0.29, 0.717) is 24.3 Å². The second-order valence-electron chi connectivity index (χ2n) is 7.31. The van der Waals surface area contributed by atoms with Crippen molar-refractivity contribution in [2.24, 2.45) is 0 Å². The van der Waals surface area contributed by atoms with Crippen LogP contribution in [0.25, 0.3) is 0 Å². The Kier molecular flexibility index (Phi) is 5.88. The van der Waals surface area contributed by atoms with Crippen molar-refractivity contribution in [1.29, 1.82) is 0 Å². The zero-order chi connectivity index (χ0) is 20.5. The second-order valence-corrected chi connectivity index (χ2v) is 9.25. The predicted molar refractivity (Wildman–Crippen MR) is 109 cm³/mol. The van der Waals surface area contributed by atoms with Crippen LogP contribution in [0.2, 0.25) is 0 Å². The Labute approximate surface area is 166 Å². The van der Waals surface area contributed by atoms with Crippen LogP contribution in [0, 0.1) is 13.8 Å². The maximum Gasteiger partial charge on any atom is 0.255 e. The molecule has 28 heavy (non-hydrogen) atoms. The molecule has 2 aromatic carbocycles. The Balaban J connectivity index is 1.85. The number of carbonyl (C=O) groups is 1. The molecule has 1 amide bonds. The van der Waals surface area contributed by atoms with Gasteiger partial charge in [-0.05, 0) is 63.1 Å². The summed E-state index contributed by atoms with van der Waals surface area (Å²) >= 11 is 0. The summed E-state index contributed by atoms with van der Waals surface area (Å²) in [5.41, 5.74) is 3.08. The number of morpholine rings is 1. The van der Waals surface area contributed by atoms with Gasteiger partial charge < -0.3 is 10.1 Å². The first-order valence-electron chi connectivity index (χ1n) is 9.31. The number of rotatable bonds is 4. The standard InChI is InChI=1S/C21H26N2O4S/c1-14-7-5-10-20(17(14)4)22-21(24)18-8-6-9-19(11-18)28(25,26)23-12-15(2)27-16(3)13-23/h5-11,15-16H,12-13H2,1-4H3,(H,22,24)/t15-,16-/m0/s1. The van der Waals surface area contributed by atoms with Gasteiger partial charge in [0, 0.05) is 24.3 Å². The van der Waals surface area contributed by atoms with Gasteiger partial charge in [-0.1, -0.05) is 18.2 Å². The number of anilines is 1. The number of hydrogen-bond donors (Lipinski definition) is 1. The summed E-state index contributed by atoms with van der Waals surface area (Å²) in [5.74, 6) is -0.338. The van der Waals surface area contributed by atoms with Gasteiger partial charge in [-0.25, -0.2) is 8.42 Å². The molecule has 0 aliphatic carbocycles. The van der Waals surface area contributed by atoms with E-state index in [1.54, 1.807) is 12.1 Å². The summed E-state index contributed by atoms with van der Waals surface area (Å²) < 4.78 is 33.1. The molecular weight excluding hydrogens is 376 g/mol. The lowest BCUT2D eigenvalue weighted by molar-refractivity contribution is -0.0440. The number of benzene rings is 2. The SMILES string of the molecule is Cc1cccc(NC(=O)c2cccc(S(=O)(=O)N3C[C@H](C)O[C@@H](C)C3)c2)c1C. The zero-order valence-electron chi connectivity index (χ0n) is 16.6. The summed E-state index contributed by atoms with van der Waals surface area (Å²) in [4.78, 5) is 12.8. The first-order valence-corrected chi connectivity index (χ1v) is 10.8. The minimum atomic E-state index is -3.70. The topological polar surface area (TPSA) is 75.7 Å². The maximum absolute atomic E-state index is 13.0. The van der Waals surface area contributed by atoms with Crippen molar-refractivity contribution < 1.29 is 17.9 Å². The van der Waals surface area contributed by atoms with E-state index in [2.05, 4.69) is 5.32 Å². The van der Waals surface area contributed by atoms with E-state index in [-0.39, 0.29) is 23.0 Å². The molecule has 7 heteroatoms. The molecule has 1 aliphatic rings. The fourth-order valence-electron chi connectivity index (χ4n) is 3.35. The van der Waals surface area contributed by atoms with Crippen molar-refractivity contribution in [3.8, 4) is 0 Å². The Hall–Kier alpha value is -2.22. The molecule has 0 bridgehead atoms. The van der Waals surface area contributed by atoms with Gasteiger partial charge in [-0.2, -0.15) is 4.31 Å². The highest BCUT2D eigenvalue weighted by Crippen LogP contribution is 2.23. The number of sulfonamides is 1. The normalized spacial score (nSPS) is 20.7. The second kappa shape index (κ2) is 8.03. The van der Waals surface area contributed by atoms with Gasteiger partial charge in [0.2, 0.25) is 10.0 Å². The first-order chi connectivity index (χ1) is 13.2. The largest absolute Gasteiger partial charge is 0.373 e. The van der Waals surface area contributed by atoms with E-state index in [1.165, 1.54) is 16.4 Å². The van der Waals surface area contributed by atoms with Crippen molar-refractivity contribution >= 4 is 21.6 Å². The summed E-state index contributed by atoms with van der Waals surface area (Å²) in [6.07, 6.45) is -0.344. The molecule has 3 rings (SSSR count). The van der Waals surface area contributed by atoms with Crippen LogP contribution in [0.15, 0.2) is 47.4 Å². The molecule has 6 nitrogen and oxygen atoms in total. The van der Waals surface area contributed by atoms with Crippen molar-refractivity contribution in [2.45, 2.75) is 44.8 Å². The van der Waals surface area contributed by atoms with Gasteiger partial charge in [-0.15, -0.1) is 0 Å². The highest BCUT2D eigenvalue weighted by molar-refractivity contribution is 7.89. The lowest BCUT2D eigenvalue weighted by Crippen LogP contribution is -2.48. The third kappa shape index (κ3) is 4.27. The molecule has 0 radical (unpaired) electrons. The number of carbonyl (C=O) groups excluding carboxylic acids is 1. The summed E-state index contributed by atoms with van der Waals surface area (Å²) in [6, 6.07) is 11.8. The molecule has 0 spiro atoms. The molecule has 0 unspecified atom stereocenters. The van der Waals surface area contributed by atoms with Gasteiger partial charge in [0.15, 0.2) is 0 Å². The fourth-order valence-corrected chi connectivity index (χ4v) is 4.99. The highest BCUT2D eigenvalue weighted by atomic mass is 32.2. The zero-order valence-corrected chi connectivity index (χ0v) is 17.4. The number of aryl methyl sites for hydroxylation is 1. The van der Waals surface area contributed by atoms with Crippen molar-refractivity contribution in [1.82, 2.24) is 4.31 Å². The van der Waals surface area contributed by atoms with Crippen LogP contribution in [0.1, 0.15) is 35.3 Å². The van der Waals surface area contributed by atoms with E-state index in [0.717, 1.165) is 11.1 Å². The fraction of sp³-hybridized carbons (Fsp3) is 0.381. The van der Waals surface area contributed by atoms with Crippen LogP contribution in [0.3, 0.4) is 0 Å². The molecule has 2 aromatic rings. The van der Waals surface area contributed by atoms with Crippen LogP contribution in [-0.2, 0) is 14.8 Å². The van der Waals surface area contributed by atoms with Crippen molar-refractivity contribution in [3.05, 3.63) is 59.2 Å². The Morgan fingerprint density at radius 3 is 2.39 bits per heavy atom. The lowest BCUT2D eigenvalue weighted by Gasteiger charge is -2.34. The monoisotopic (exact) mass is 402 g/mol. The van der Waals surface area contributed by atoms with E-state index < -0.39 is 10.0 Å². The molecule has 150 valence electrons. The molecule has 0 aromatic heterocycles. The minimum absolute atomic E-state index is 0.113. The van der Waals surface area contributed by atoms with E-state index in [1.807, 2.05) is 45.9 Å². The number of nitrogens with zero attached hydrogens (tertiary/aromatic N) is 1. The van der Waals surface area contributed by atoms with Gasteiger partial charge >= 0.3 is 0 Å². The molecule has 1 aliphatic heterocycles. The number of nitrogens with one attached hydrogen (secondary N) is 1. The number of ether oxygens (including phenoxy) is 1. The van der Waals surface area contributed by atoms with Crippen LogP contribution in [0.5, 0.6) is 0 Å².